The van der Waals surface area contributed by atoms with Crippen molar-refractivity contribution in [3.8, 4) is 12.3 Å². The molecule has 0 aliphatic rings. The highest BCUT2D eigenvalue weighted by atomic mass is 14.1. The highest BCUT2D eigenvalue weighted by Crippen LogP contribution is 2.22. The summed E-state index contributed by atoms with van der Waals surface area (Å²) in [7, 11) is 0. The van der Waals surface area contributed by atoms with E-state index in [9.17, 15) is 0 Å². The molecule has 1 unspecified atom stereocenters. The number of terminal acetylenes is 1. The van der Waals surface area contributed by atoms with Crippen LogP contribution in [0.4, 0.5) is 0 Å². The molecule has 0 saturated carbocycles. The summed E-state index contributed by atoms with van der Waals surface area (Å²) in [6.45, 7) is 16.0. The average Bonchev–Trinajstić information content (AvgIpc) is 2.27. The predicted octanol–water partition coefficient (Wildman–Crippen LogP) is 5.06. The van der Waals surface area contributed by atoms with Crippen LogP contribution in [-0.4, -0.2) is 0 Å². The number of hydrogen-bond donors (Lipinski definition) is 0. The lowest BCUT2D eigenvalue weighted by atomic mass is 9.91. The van der Waals surface area contributed by atoms with Crippen LogP contribution in [0.3, 0.4) is 0 Å². The van der Waals surface area contributed by atoms with E-state index < -0.39 is 0 Å². The lowest BCUT2D eigenvalue weighted by Gasteiger charge is -2.13. The summed E-state index contributed by atoms with van der Waals surface area (Å²) in [6, 6.07) is 0. The van der Waals surface area contributed by atoms with Crippen molar-refractivity contribution in [3.05, 3.63) is 47.6 Å². The number of rotatable bonds is 6. The standard InChI is InChI=1S/C17H24/c1-8-16(11-10-13(3)4)17(9-2)12-15(7)14(5)6/h2,8,12,17H,3,5,10-11H2,1,4,6-7H3/b15-12+,16-8+. The molecule has 0 radical (unpaired) electrons. The fraction of sp³-hybridized carbons (Fsp3) is 0.412. The molecule has 0 aromatic rings. The summed E-state index contributed by atoms with van der Waals surface area (Å²) in [5.74, 6) is 2.93. The van der Waals surface area contributed by atoms with Crippen LogP contribution in [-0.2, 0) is 0 Å². The molecular formula is C17H24. The first-order chi connectivity index (χ1) is 7.92. The molecule has 0 saturated heterocycles. The Bertz CT molecular complexity index is 383. The van der Waals surface area contributed by atoms with Gasteiger partial charge in [0.2, 0.25) is 0 Å². The van der Waals surface area contributed by atoms with Gasteiger partial charge in [-0.15, -0.1) is 13.0 Å². The van der Waals surface area contributed by atoms with Gasteiger partial charge >= 0.3 is 0 Å². The summed E-state index contributed by atoms with van der Waals surface area (Å²) in [5.41, 5.74) is 4.72. The van der Waals surface area contributed by atoms with Crippen molar-refractivity contribution < 1.29 is 0 Å². The first-order valence-corrected chi connectivity index (χ1v) is 6.02. The van der Waals surface area contributed by atoms with E-state index in [-0.39, 0.29) is 5.92 Å². The van der Waals surface area contributed by atoms with Crippen molar-refractivity contribution in [1.82, 2.24) is 0 Å². The molecule has 0 spiro atoms. The van der Waals surface area contributed by atoms with E-state index >= 15 is 0 Å². The van der Waals surface area contributed by atoms with Crippen LogP contribution >= 0.6 is 0 Å². The van der Waals surface area contributed by atoms with E-state index in [4.69, 9.17) is 6.42 Å². The van der Waals surface area contributed by atoms with E-state index in [1.165, 1.54) is 16.7 Å². The van der Waals surface area contributed by atoms with E-state index in [0.717, 1.165) is 18.4 Å². The lowest BCUT2D eigenvalue weighted by Crippen LogP contribution is -2.00. The summed E-state index contributed by atoms with van der Waals surface area (Å²) in [5, 5.41) is 0. The smallest absolute Gasteiger partial charge is 0.0595 e. The minimum Gasteiger partial charge on any atom is -0.119 e. The Morgan fingerprint density at radius 1 is 1.24 bits per heavy atom. The van der Waals surface area contributed by atoms with E-state index in [1.807, 2.05) is 20.8 Å². The minimum absolute atomic E-state index is 0.0797. The summed E-state index contributed by atoms with van der Waals surface area (Å²) < 4.78 is 0. The molecule has 1 atom stereocenters. The Hall–Kier alpha value is -1.48. The Morgan fingerprint density at radius 2 is 1.82 bits per heavy atom. The maximum Gasteiger partial charge on any atom is 0.0595 e. The molecule has 0 N–H and O–H groups in total. The van der Waals surface area contributed by atoms with Crippen LogP contribution in [0.2, 0.25) is 0 Å². The summed E-state index contributed by atoms with van der Waals surface area (Å²) >= 11 is 0. The molecule has 0 heteroatoms. The van der Waals surface area contributed by atoms with Crippen LogP contribution < -0.4 is 0 Å². The Kier molecular flexibility index (Phi) is 7.06. The highest BCUT2D eigenvalue weighted by molar-refractivity contribution is 5.32. The molecule has 0 aromatic heterocycles. The topological polar surface area (TPSA) is 0 Å². The van der Waals surface area contributed by atoms with Gasteiger partial charge in [0.1, 0.15) is 0 Å². The molecule has 0 aromatic carbocycles. The fourth-order valence-corrected chi connectivity index (χ4v) is 1.49. The van der Waals surface area contributed by atoms with Crippen LogP contribution in [0.15, 0.2) is 47.6 Å². The first-order valence-electron chi connectivity index (χ1n) is 6.02. The Morgan fingerprint density at radius 3 is 2.18 bits per heavy atom. The maximum absolute atomic E-state index is 5.62. The second kappa shape index (κ2) is 7.74. The van der Waals surface area contributed by atoms with Crippen LogP contribution in [0.25, 0.3) is 0 Å². The van der Waals surface area contributed by atoms with E-state index in [1.54, 1.807) is 0 Å². The van der Waals surface area contributed by atoms with Gasteiger partial charge in [-0.3, -0.25) is 0 Å². The molecule has 0 aliphatic carbocycles. The van der Waals surface area contributed by atoms with Crippen LogP contribution in [0, 0.1) is 18.3 Å². The summed E-state index contributed by atoms with van der Waals surface area (Å²) in [4.78, 5) is 0. The average molecular weight is 228 g/mol. The normalized spacial score (nSPS) is 14.1. The number of allylic oxidation sites excluding steroid dienone is 6. The van der Waals surface area contributed by atoms with Gasteiger partial charge in [-0.2, -0.15) is 0 Å². The molecule has 17 heavy (non-hydrogen) atoms. The SMILES string of the molecule is C#CC(/C=C(\C)C(=C)C)/C(=C/C)CCC(=C)C. The van der Waals surface area contributed by atoms with E-state index in [0.29, 0.717) is 0 Å². The minimum atomic E-state index is 0.0797. The molecule has 0 amide bonds. The van der Waals surface area contributed by atoms with Gasteiger partial charge in [0, 0.05) is 0 Å². The second-order valence-corrected chi connectivity index (χ2v) is 4.60. The highest BCUT2D eigenvalue weighted by Gasteiger charge is 2.08. The van der Waals surface area contributed by atoms with Crippen molar-refractivity contribution in [3.63, 3.8) is 0 Å². The third-order valence-electron chi connectivity index (χ3n) is 2.88. The molecule has 0 heterocycles. The van der Waals surface area contributed by atoms with Crippen molar-refractivity contribution in [2.24, 2.45) is 5.92 Å². The van der Waals surface area contributed by atoms with Crippen molar-refractivity contribution in [1.29, 1.82) is 0 Å². The quantitative estimate of drug-likeness (QED) is 0.338. The molecular weight excluding hydrogens is 204 g/mol. The zero-order valence-electron chi connectivity index (χ0n) is 11.6. The zero-order chi connectivity index (χ0) is 13.4. The summed E-state index contributed by atoms with van der Waals surface area (Å²) in [6.07, 6.45) is 11.8. The molecule has 0 fully saturated rings. The van der Waals surface area contributed by atoms with Crippen molar-refractivity contribution in [2.75, 3.05) is 0 Å². The molecule has 0 nitrogen and oxygen atoms in total. The molecule has 0 bridgehead atoms. The van der Waals surface area contributed by atoms with E-state index in [2.05, 4.69) is 38.2 Å². The van der Waals surface area contributed by atoms with Crippen molar-refractivity contribution in [2.45, 2.75) is 40.5 Å². The molecule has 92 valence electrons. The maximum atomic E-state index is 5.62. The van der Waals surface area contributed by atoms with Crippen LogP contribution in [0.1, 0.15) is 40.5 Å². The van der Waals surface area contributed by atoms with Gasteiger partial charge in [0.25, 0.3) is 0 Å². The van der Waals surface area contributed by atoms with Gasteiger partial charge in [-0.25, -0.2) is 0 Å². The first kappa shape index (κ1) is 15.5. The Labute approximate surface area is 107 Å². The van der Waals surface area contributed by atoms with Crippen LogP contribution in [0.5, 0.6) is 0 Å². The van der Waals surface area contributed by atoms with Gasteiger partial charge in [0.15, 0.2) is 0 Å². The van der Waals surface area contributed by atoms with Gasteiger partial charge in [-0.1, -0.05) is 46.9 Å². The van der Waals surface area contributed by atoms with Gasteiger partial charge in [0.05, 0.1) is 5.92 Å². The fourth-order valence-electron chi connectivity index (χ4n) is 1.49. The second-order valence-electron chi connectivity index (χ2n) is 4.60. The lowest BCUT2D eigenvalue weighted by molar-refractivity contribution is 0.832. The monoisotopic (exact) mass is 228 g/mol. The predicted molar refractivity (Wildman–Crippen MR) is 78.7 cm³/mol. The number of hydrogen-bond acceptors (Lipinski definition) is 0. The zero-order valence-corrected chi connectivity index (χ0v) is 11.6. The third-order valence-corrected chi connectivity index (χ3v) is 2.88. The van der Waals surface area contributed by atoms with Gasteiger partial charge < -0.3 is 0 Å². The molecule has 0 rings (SSSR count). The van der Waals surface area contributed by atoms with Crippen molar-refractivity contribution >= 4 is 0 Å². The third kappa shape index (κ3) is 5.97. The largest absolute Gasteiger partial charge is 0.119 e. The van der Waals surface area contributed by atoms with Gasteiger partial charge in [-0.05, 0) is 40.5 Å². The Balaban J connectivity index is 4.86. The molecule has 0 aliphatic heterocycles.